The van der Waals surface area contributed by atoms with Gasteiger partial charge >= 0.3 is 6.09 Å². The Bertz CT molecular complexity index is 493. The molecule has 0 aromatic carbocycles. The molecule has 0 aliphatic heterocycles. The molecule has 0 aromatic rings. The largest absolute Gasteiger partial charge is 0.450 e. The maximum atomic E-state index is 12.5. The van der Waals surface area contributed by atoms with Gasteiger partial charge in [0.15, 0.2) is 0 Å². The molecule has 1 fully saturated rings. The summed E-state index contributed by atoms with van der Waals surface area (Å²) in [5.74, 6) is 0.138. The summed E-state index contributed by atoms with van der Waals surface area (Å²) < 4.78 is 5.36. The highest BCUT2D eigenvalue weighted by Crippen LogP contribution is 2.48. The lowest BCUT2D eigenvalue weighted by Gasteiger charge is -2.46. The van der Waals surface area contributed by atoms with Crippen molar-refractivity contribution in [2.75, 3.05) is 13.2 Å². The first-order chi connectivity index (χ1) is 13.7. The second kappa shape index (κ2) is 13.1. The number of alkyl carbamates (subject to hydrolysis) is 1. The van der Waals surface area contributed by atoms with Gasteiger partial charge in [0.2, 0.25) is 5.91 Å². The normalized spacial score (nSPS) is 23.4. The molecule has 2 amide bonds. The molecule has 0 heterocycles. The zero-order valence-corrected chi connectivity index (χ0v) is 19.7. The smallest absolute Gasteiger partial charge is 0.407 e. The van der Waals surface area contributed by atoms with Gasteiger partial charge in [-0.2, -0.15) is 0 Å². The summed E-state index contributed by atoms with van der Waals surface area (Å²) in [5, 5.41) is 6.16. The fourth-order valence-electron chi connectivity index (χ4n) is 5.00. The van der Waals surface area contributed by atoms with Crippen molar-refractivity contribution in [1.29, 1.82) is 0 Å². The summed E-state index contributed by atoms with van der Waals surface area (Å²) in [4.78, 5) is 24.7. The Kier molecular flexibility index (Phi) is 11.7. The van der Waals surface area contributed by atoms with Crippen LogP contribution in [0.3, 0.4) is 0 Å². The van der Waals surface area contributed by atoms with Crippen LogP contribution in [0.15, 0.2) is 0 Å². The SMILES string of the molecule is CCCCCCNC(=O)CC1(C)CC(NC(=O)OCCCCCC)CC(C)(C)C1. The van der Waals surface area contributed by atoms with E-state index in [2.05, 4.69) is 45.3 Å². The maximum Gasteiger partial charge on any atom is 0.407 e. The summed E-state index contributed by atoms with van der Waals surface area (Å²) in [5.41, 5.74) is -0.0121. The zero-order valence-electron chi connectivity index (χ0n) is 19.7. The topological polar surface area (TPSA) is 67.4 Å². The number of nitrogens with one attached hydrogen (secondary N) is 2. The van der Waals surface area contributed by atoms with Crippen molar-refractivity contribution >= 4 is 12.0 Å². The molecule has 2 unspecified atom stereocenters. The van der Waals surface area contributed by atoms with Crippen LogP contribution in [0.2, 0.25) is 0 Å². The number of carbonyl (C=O) groups excluding carboxylic acids is 2. The molecule has 0 saturated heterocycles. The van der Waals surface area contributed by atoms with Crippen molar-refractivity contribution in [3.8, 4) is 0 Å². The molecule has 2 N–H and O–H groups in total. The Morgan fingerprint density at radius 1 is 0.931 bits per heavy atom. The number of hydrogen-bond acceptors (Lipinski definition) is 3. The minimum absolute atomic E-state index is 0.0595. The quantitative estimate of drug-likeness (QED) is 0.368. The first-order valence-electron chi connectivity index (χ1n) is 11.9. The second-order valence-electron chi connectivity index (χ2n) is 10.2. The van der Waals surface area contributed by atoms with E-state index in [4.69, 9.17) is 4.74 Å². The van der Waals surface area contributed by atoms with Gasteiger partial charge in [-0.15, -0.1) is 0 Å². The third kappa shape index (κ3) is 11.5. The Morgan fingerprint density at radius 2 is 1.59 bits per heavy atom. The van der Waals surface area contributed by atoms with E-state index in [1.165, 1.54) is 32.1 Å². The number of hydrogen-bond donors (Lipinski definition) is 2. The van der Waals surface area contributed by atoms with Gasteiger partial charge in [0.1, 0.15) is 0 Å². The van der Waals surface area contributed by atoms with Crippen molar-refractivity contribution in [2.45, 2.75) is 118 Å². The van der Waals surface area contributed by atoms with Crippen LogP contribution in [0.4, 0.5) is 4.79 Å². The maximum absolute atomic E-state index is 12.5. The van der Waals surface area contributed by atoms with E-state index in [9.17, 15) is 9.59 Å². The van der Waals surface area contributed by atoms with Gasteiger partial charge in [0.25, 0.3) is 0 Å². The van der Waals surface area contributed by atoms with Crippen LogP contribution in [-0.2, 0) is 9.53 Å². The molecule has 5 nitrogen and oxygen atoms in total. The van der Waals surface area contributed by atoms with Gasteiger partial charge in [-0.3, -0.25) is 4.79 Å². The predicted molar refractivity (Wildman–Crippen MR) is 120 cm³/mol. The van der Waals surface area contributed by atoms with Crippen LogP contribution in [0.1, 0.15) is 112 Å². The van der Waals surface area contributed by atoms with Crippen LogP contribution in [-0.4, -0.2) is 31.2 Å². The minimum atomic E-state index is -0.313. The average molecular weight is 411 g/mol. The van der Waals surface area contributed by atoms with E-state index in [0.29, 0.717) is 13.0 Å². The monoisotopic (exact) mass is 410 g/mol. The number of rotatable bonds is 13. The molecule has 0 radical (unpaired) electrons. The second-order valence-corrected chi connectivity index (χ2v) is 10.2. The molecule has 2 atom stereocenters. The Hall–Kier alpha value is -1.26. The fourth-order valence-corrected chi connectivity index (χ4v) is 5.00. The van der Waals surface area contributed by atoms with E-state index >= 15 is 0 Å². The van der Waals surface area contributed by atoms with Crippen molar-refractivity contribution in [1.82, 2.24) is 10.6 Å². The van der Waals surface area contributed by atoms with Gasteiger partial charge in [-0.25, -0.2) is 4.79 Å². The summed E-state index contributed by atoms with van der Waals surface area (Å²) in [6, 6.07) is 0.0595. The van der Waals surface area contributed by atoms with Crippen LogP contribution in [0, 0.1) is 10.8 Å². The summed E-state index contributed by atoms with van der Waals surface area (Å²) >= 11 is 0. The van der Waals surface area contributed by atoms with Gasteiger partial charge in [-0.1, -0.05) is 73.1 Å². The molecule has 170 valence electrons. The molecule has 1 saturated carbocycles. The highest BCUT2D eigenvalue weighted by molar-refractivity contribution is 5.76. The number of carbonyl (C=O) groups is 2. The van der Waals surface area contributed by atoms with Crippen molar-refractivity contribution in [3.05, 3.63) is 0 Å². The molecular formula is C24H46N2O3. The number of unbranched alkanes of at least 4 members (excludes halogenated alkanes) is 6. The standard InChI is InChI=1S/C24H46N2O3/c1-6-8-10-12-14-25-21(27)18-24(5)17-20(16-23(3,4)19-24)26-22(28)29-15-13-11-9-7-2/h20H,6-19H2,1-5H3,(H,25,27)(H,26,28). The molecule has 0 aromatic heterocycles. The molecule has 5 heteroatoms. The van der Waals surface area contributed by atoms with Gasteiger partial charge in [0.05, 0.1) is 6.61 Å². The summed E-state index contributed by atoms with van der Waals surface area (Å²) in [6.07, 6.45) is 12.0. The third-order valence-electron chi connectivity index (χ3n) is 5.94. The lowest BCUT2D eigenvalue weighted by molar-refractivity contribution is -0.124. The van der Waals surface area contributed by atoms with Crippen LogP contribution >= 0.6 is 0 Å². The number of ether oxygens (including phenoxy) is 1. The van der Waals surface area contributed by atoms with Crippen molar-refractivity contribution in [3.63, 3.8) is 0 Å². The first kappa shape index (κ1) is 25.8. The molecule has 1 aliphatic rings. The number of amides is 2. The van der Waals surface area contributed by atoms with E-state index < -0.39 is 0 Å². The zero-order chi connectivity index (χ0) is 21.8. The third-order valence-corrected chi connectivity index (χ3v) is 5.94. The highest BCUT2D eigenvalue weighted by atomic mass is 16.5. The van der Waals surface area contributed by atoms with Crippen LogP contribution in [0.5, 0.6) is 0 Å². The van der Waals surface area contributed by atoms with Gasteiger partial charge in [0, 0.05) is 19.0 Å². The van der Waals surface area contributed by atoms with E-state index in [-0.39, 0.29) is 28.9 Å². The fraction of sp³-hybridized carbons (Fsp3) is 0.917. The Morgan fingerprint density at radius 3 is 2.24 bits per heavy atom. The Labute approximate surface area is 179 Å². The van der Waals surface area contributed by atoms with Gasteiger partial charge in [-0.05, 0) is 42.9 Å². The Balaban J connectivity index is 2.46. The average Bonchev–Trinajstić information content (AvgIpc) is 2.59. The molecular weight excluding hydrogens is 364 g/mol. The molecule has 0 bridgehead atoms. The minimum Gasteiger partial charge on any atom is -0.450 e. The molecule has 29 heavy (non-hydrogen) atoms. The van der Waals surface area contributed by atoms with Crippen LogP contribution in [0.25, 0.3) is 0 Å². The lowest BCUT2D eigenvalue weighted by atomic mass is 9.61. The predicted octanol–water partition coefficient (Wildman–Crippen LogP) is 5.96. The van der Waals surface area contributed by atoms with Gasteiger partial charge < -0.3 is 15.4 Å². The lowest BCUT2D eigenvalue weighted by Crippen LogP contribution is -2.48. The summed E-state index contributed by atoms with van der Waals surface area (Å²) in [7, 11) is 0. The molecule has 1 aliphatic carbocycles. The van der Waals surface area contributed by atoms with E-state index in [1.807, 2.05) is 0 Å². The summed E-state index contributed by atoms with van der Waals surface area (Å²) in [6.45, 7) is 12.3. The van der Waals surface area contributed by atoms with E-state index in [0.717, 1.165) is 45.1 Å². The molecule has 0 spiro atoms. The van der Waals surface area contributed by atoms with Crippen molar-refractivity contribution < 1.29 is 14.3 Å². The highest BCUT2D eigenvalue weighted by Gasteiger charge is 2.42. The first-order valence-corrected chi connectivity index (χ1v) is 11.9. The van der Waals surface area contributed by atoms with Crippen molar-refractivity contribution in [2.24, 2.45) is 10.8 Å². The molecule has 1 rings (SSSR count). The van der Waals surface area contributed by atoms with E-state index in [1.54, 1.807) is 0 Å². The van der Waals surface area contributed by atoms with Crippen LogP contribution < -0.4 is 10.6 Å².